The zero-order valence-corrected chi connectivity index (χ0v) is 23.2. The fraction of sp³-hybridized carbons (Fsp3) is 0.333. The van der Waals surface area contributed by atoms with Crippen LogP contribution in [0.5, 0.6) is 0 Å². The molecule has 0 saturated carbocycles. The summed E-state index contributed by atoms with van der Waals surface area (Å²) in [6.45, 7) is 5.92. The molecule has 8 heteroatoms. The highest BCUT2D eigenvalue weighted by atomic mass is 32.2. The van der Waals surface area contributed by atoms with Crippen molar-refractivity contribution in [1.82, 2.24) is 10.2 Å². The molecule has 1 atom stereocenters. The first kappa shape index (κ1) is 28.9. The molecule has 0 aliphatic rings. The second kappa shape index (κ2) is 13.8. The van der Waals surface area contributed by atoms with Crippen molar-refractivity contribution in [2.45, 2.75) is 57.5 Å². The maximum atomic E-state index is 13.9. The van der Waals surface area contributed by atoms with E-state index in [1.165, 1.54) is 21.3 Å². The summed E-state index contributed by atoms with van der Waals surface area (Å²) in [7, 11) is -4.07. The Bertz CT molecular complexity index is 1300. The predicted molar refractivity (Wildman–Crippen MR) is 151 cm³/mol. The lowest BCUT2D eigenvalue weighted by molar-refractivity contribution is -0.139. The van der Waals surface area contributed by atoms with Gasteiger partial charge in [0.25, 0.3) is 10.0 Å². The zero-order valence-electron chi connectivity index (χ0n) is 22.3. The van der Waals surface area contributed by atoms with E-state index in [1.54, 1.807) is 37.3 Å². The number of nitrogens with zero attached hydrogens (tertiary/aromatic N) is 2. The molecule has 1 N–H and O–H groups in total. The van der Waals surface area contributed by atoms with Gasteiger partial charge in [-0.25, -0.2) is 8.42 Å². The van der Waals surface area contributed by atoms with Crippen molar-refractivity contribution in [3.8, 4) is 0 Å². The minimum Gasteiger partial charge on any atom is -0.354 e. The van der Waals surface area contributed by atoms with E-state index in [2.05, 4.69) is 5.32 Å². The molecular formula is C30H37N3O4S. The first-order chi connectivity index (χ1) is 18.3. The van der Waals surface area contributed by atoms with Crippen molar-refractivity contribution in [3.63, 3.8) is 0 Å². The van der Waals surface area contributed by atoms with E-state index in [0.29, 0.717) is 18.7 Å². The third kappa shape index (κ3) is 7.22. The molecule has 0 aliphatic heterocycles. The van der Waals surface area contributed by atoms with Crippen LogP contribution in [0, 0.1) is 0 Å². The smallest absolute Gasteiger partial charge is 0.264 e. The lowest BCUT2D eigenvalue weighted by Gasteiger charge is -2.32. The number of nitrogens with one attached hydrogen (secondary N) is 1. The van der Waals surface area contributed by atoms with E-state index >= 15 is 0 Å². The second-order valence-corrected chi connectivity index (χ2v) is 11.0. The first-order valence-corrected chi connectivity index (χ1v) is 14.5. The fourth-order valence-electron chi connectivity index (χ4n) is 4.18. The number of unbranched alkanes of at least 4 members (excludes halogenated alkanes) is 1. The van der Waals surface area contributed by atoms with E-state index in [4.69, 9.17) is 0 Å². The number of hydrogen-bond acceptors (Lipinski definition) is 4. The number of benzene rings is 3. The molecule has 0 aliphatic carbocycles. The number of carbonyl (C=O) groups is 2. The van der Waals surface area contributed by atoms with Crippen LogP contribution in [0.4, 0.5) is 5.69 Å². The molecule has 0 unspecified atom stereocenters. The monoisotopic (exact) mass is 535 g/mol. The summed E-state index contributed by atoms with van der Waals surface area (Å²) in [5.74, 6) is -0.730. The molecule has 3 rings (SSSR count). The Kier molecular flexibility index (Phi) is 10.5. The summed E-state index contributed by atoms with van der Waals surface area (Å²) in [4.78, 5) is 28.5. The average molecular weight is 536 g/mol. The largest absolute Gasteiger partial charge is 0.354 e. The van der Waals surface area contributed by atoms with Crippen LogP contribution >= 0.6 is 0 Å². The molecule has 0 radical (unpaired) electrons. The van der Waals surface area contributed by atoms with Gasteiger partial charge in [-0.1, -0.05) is 87.0 Å². The summed E-state index contributed by atoms with van der Waals surface area (Å²) < 4.78 is 28.9. The summed E-state index contributed by atoms with van der Waals surface area (Å²) in [6.07, 6.45) is 2.36. The van der Waals surface area contributed by atoms with Gasteiger partial charge in [0.1, 0.15) is 12.6 Å². The molecule has 0 spiro atoms. The Morgan fingerprint density at radius 3 is 2.11 bits per heavy atom. The van der Waals surface area contributed by atoms with Crippen LogP contribution < -0.4 is 9.62 Å². The highest BCUT2D eigenvalue weighted by molar-refractivity contribution is 7.92. The van der Waals surface area contributed by atoms with Crippen molar-refractivity contribution in [2.75, 3.05) is 17.4 Å². The van der Waals surface area contributed by atoms with Crippen LogP contribution in [-0.4, -0.2) is 44.3 Å². The van der Waals surface area contributed by atoms with Gasteiger partial charge in [-0.15, -0.1) is 0 Å². The van der Waals surface area contributed by atoms with E-state index < -0.39 is 28.5 Å². The molecule has 0 bridgehead atoms. The van der Waals surface area contributed by atoms with Gasteiger partial charge in [0, 0.05) is 13.1 Å². The van der Waals surface area contributed by atoms with Gasteiger partial charge < -0.3 is 10.2 Å². The lowest BCUT2D eigenvalue weighted by Crippen LogP contribution is -2.51. The van der Waals surface area contributed by atoms with Gasteiger partial charge in [0.05, 0.1) is 10.6 Å². The highest BCUT2D eigenvalue weighted by Gasteiger charge is 2.33. The van der Waals surface area contributed by atoms with Crippen LogP contribution in [0.25, 0.3) is 0 Å². The van der Waals surface area contributed by atoms with Gasteiger partial charge in [-0.2, -0.15) is 0 Å². The number of carbonyl (C=O) groups excluding carboxylic acids is 2. The van der Waals surface area contributed by atoms with Gasteiger partial charge >= 0.3 is 0 Å². The van der Waals surface area contributed by atoms with Crippen LogP contribution in [0.3, 0.4) is 0 Å². The van der Waals surface area contributed by atoms with Crippen molar-refractivity contribution < 1.29 is 18.0 Å². The lowest BCUT2D eigenvalue weighted by atomic mass is 10.1. The Morgan fingerprint density at radius 2 is 1.47 bits per heavy atom. The summed E-state index contributed by atoms with van der Waals surface area (Å²) >= 11 is 0. The number of hydrogen-bond donors (Lipinski definition) is 1. The maximum absolute atomic E-state index is 13.9. The van der Waals surface area contributed by atoms with Crippen LogP contribution in [0.2, 0.25) is 0 Å². The minimum absolute atomic E-state index is 0.0960. The second-order valence-electron chi connectivity index (χ2n) is 9.13. The van der Waals surface area contributed by atoms with Crippen LogP contribution in [0.15, 0.2) is 89.8 Å². The fourth-order valence-corrected chi connectivity index (χ4v) is 5.66. The number of para-hydroxylation sites is 1. The highest BCUT2D eigenvalue weighted by Crippen LogP contribution is 2.28. The van der Waals surface area contributed by atoms with E-state index in [-0.39, 0.29) is 17.3 Å². The molecule has 38 heavy (non-hydrogen) atoms. The zero-order chi connectivity index (χ0) is 27.5. The Morgan fingerprint density at radius 1 is 0.868 bits per heavy atom. The van der Waals surface area contributed by atoms with E-state index in [1.807, 2.05) is 56.3 Å². The van der Waals surface area contributed by atoms with Crippen molar-refractivity contribution in [2.24, 2.45) is 0 Å². The van der Waals surface area contributed by atoms with Gasteiger partial charge in [0.2, 0.25) is 11.8 Å². The summed E-state index contributed by atoms with van der Waals surface area (Å²) in [5.41, 5.74) is 2.10. The normalized spacial score (nSPS) is 12.0. The van der Waals surface area contributed by atoms with Gasteiger partial charge in [0.15, 0.2) is 0 Å². The van der Waals surface area contributed by atoms with E-state index in [9.17, 15) is 18.0 Å². The molecule has 7 nitrogen and oxygen atoms in total. The van der Waals surface area contributed by atoms with Crippen molar-refractivity contribution in [1.29, 1.82) is 0 Å². The first-order valence-electron chi connectivity index (χ1n) is 13.1. The Balaban J connectivity index is 2.01. The number of aryl methyl sites for hydroxylation is 1. The molecule has 3 aromatic rings. The molecule has 0 aromatic heterocycles. The predicted octanol–water partition coefficient (Wildman–Crippen LogP) is 4.78. The number of amides is 2. The molecule has 0 heterocycles. The summed E-state index contributed by atoms with van der Waals surface area (Å²) in [5, 5.41) is 2.90. The topological polar surface area (TPSA) is 86.8 Å². The molecule has 0 saturated heterocycles. The average Bonchev–Trinajstić information content (AvgIpc) is 2.95. The van der Waals surface area contributed by atoms with E-state index in [0.717, 1.165) is 24.0 Å². The molecule has 3 aromatic carbocycles. The van der Waals surface area contributed by atoms with Crippen LogP contribution in [-0.2, 0) is 32.6 Å². The number of rotatable bonds is 13. The minimum atomic E-state index is -4.07. The van der Waals surface area contributed by atoms with Crippen LogP contribution in [0.1, 0.15) is 44.7 Å². The van der Waals surface area contributed by atoms with Gasteiger partial charge in [-0.05, 0) is 49.1 Å². The standard InChI is InChI=1S/C30H37N3O4S/c1-4-6-21-31-30(35)24(3)32(22-25-15-9-7-10-16-25)29(34)23-33(28-20-14-13-17-26(28)5-2)38(36,37)27-18-11-8-12-19-27/h7-20,24H,4-6,21-23H2,1-3H3,(H,31,35)/t24-/m1/s1. The quantitative estimate of drug-likeness (QED) is 0.319. The Labute approximate surface area is 226 Å². The molecular weight excluding hydrogens is 498 g/mol. The third-order valence-corrected chi connectivity index (χ3v) is 8.22. The Hall–Kier alpha value is -3.65. The molecule has 0 fully saturated rings. The number of sulfonamides is 1. The van der Waals surface area contributed by atoms with Crippen molar-refractivity contribution >= 4 is 27.5 Å². The number of anilines is 1. The SMILES string of the molecule is CCCCNC(=O)[C@@H](C)N(Cc1ccccc1)C(=O)CN(c1ccccc1CC)S(=O)(=O)c1ccccc1. The maximum Gasteiger partial charge on any atom is 0.264 e. The summed E-state index contributed by atoms with van der Waals surface area (Å²) in [6, 6.07) is 23.9. The third-order valence-electron chi connectivity index (χ3n) is 6.44. The molecule has 2 amide bonds. The van der Waals surface area contributed by atoms with Gasteiger partial charge in [-0.3, -0.25) is 13.9 Å². The molecule has 202 valence electrons. The van der Waals surface area contributed by atoms with Crippen molar-refractivity contribution in [3.05, 3.63) is 96.1 Å².